The van der Waals surface area contributed by atoms with Gasteiger partial charge in [-0.2, -0.15) is 0 Å². The molecule has 0 aliphatic rings. The van der Waals surface area contributed by atoms with E-state index in [1.54, 1.807) is 0 Å². The van der Waals surface area contributed by atoms with Crippen LogP contribution >= 0.6 is 11.3 Å². The molecule has 1 N–H and O–H groups in total. The van der Waals surface area contributed by atoms with Crippen molar-refractivity contribution in [1.29, 1.82) is 0 Å². The molecule has 4 nitrogen and oxygen atoms in total. The second-order valence-electron chi connectivity index (χ2n) is 6.59. The molecule has 0 fully saturated rings. The number of aromatic nitrogens is 2. The van der Waals surface area contributed by atoms with Gasteiger partial charge in [0, 0.05) is 47.5 Å². The Bertz CT molecular complexity index is 804. The van der Waals surface area contributed by atoms with Gasteiger partial charge in [-0.15, -0.1) is 11.3 Å². The lowest BCUT2D eigenvalue weighted by Gasteiger charge is -2.24. The first kappa shape index (κ1) is 17.9. The van der Waals surface area contributed by atoms with Gasteiger partial charge >= 0.3 is 0 Å². The Kier molecular flexibility index (Phi) is 5.68. The fourth-order valence-electron chi connectivity index (χ4n) is 2.95. The maximum absolute atomic E-state index is 9.89. The molecule has 0 saturated heterocycles. The molecule has 3 aromatic heterocycles. The molecule has 0 saturated carbocycles. The molecule has 3 aromatic rings. The number of pyridine rings is 1. The van der Waals surface area contributed by atoms with Crippen molar-refractivity contribution >= 4 is 11.3 Å². The Balaban J connectivity index is 1.80. The number of rotatable bonds is 7. The highest BCUT2D eigenvalue weighted by Gasteiger charge is 2.14. The summed E-state index contributed by atoms with van der Waals surface area (Å²) >= 11 is 1.82. The van der Waals surface area contributed by atoms with Crippen molar-refractivity contribution in [3.8, 4) is 5.82 Å². The molecule has 0 unspecified atom stereocenters. The first-order valence-corrected chi connectivity index (χ1v) is 9.38. The molecule has 3 rings (SSSR count). The maximum atomic E-state index is 9.89. The summed E-state index contributed by atoms with van der Waals surface area (Å²) in [4.78, 5) is 9.46. The Morgan fingerprint density at radius 2 is 2.00 bits per heavy atom. The second-order valence-corrected chi connectivity index (χ2v) is 7.97. The van der Waals surface area contributed by atoms with Crippen LogP contribution in [0, 0.1) is 13.8 Å². The van der Waals surface area contributed by atoms with Gasteiger partial charge < -0.3 is 9.67 Å². The van der Waals surface area contributed by atoms with Gasteiger partial charge in [-0.3, -0.25) is 4.90 Å². The third kappa shape index (κ3) is 4.78. The van der Waals surface area contributed by atoms with Crippen LogP contribution in [0.3, 0.4) is 0 Å². The standard InChI is InChI=1S/C20H25N3OS/c1-15-6-9-20(21-11-15)23-10-4-5-18(23)13-22(12-16(2)24)14-19-8-7-17(3)25-19/h4-11,16,24H,12-14H2,1-3H3/t16-/m0/s1. The van der Waals surface area contributed by atoms with E-state index in [2.05, 4.69) is 45.6 Å². The van der Waals surface area contributed by atoms with Crippen LogP contribution < -0.4 is 0 Å². The van der Waals surface area contributed by atoms with Crippen LogP contribution in [-0.4, -0.2) is 32.2 Å². The summed E-state index contributed by atoms with van der Waals surface area (Å²) < 4.78 is 2.12. The second kappa shape index (κ2) is 7.95. The molecule has 25 heavy (non-hydrogen) atoms. The van der Waals surface area contributed by atoms with Gasteiger partial charge in [-0.05, 0) is 56.7 Å². The van der Waals surface area contributed by atoms with Crippen molar-refractivity contribution in [2.24, 2.45) is 0 Å². The molecule has 0 aromatic carbocycles. The van der Waals surface area contributed by atoms with E-state index in [4.69, 9.17) is 0 Å². The number of hydrogen-bond acceptors (Lipinski definition) is 4. The monoisotopic (exact) mass is 355 g/mol. The number of nitrogens with zero attached hydrogens (tertiary/aromatic N) is 3. The maximum Gasteiger partial charge on any atom is 0.136 e. The van der Waals surface area contributed by atoms with Gasteiger partial charge in [0.2, 0.25) is 0 Å². The lowest BCUT2D eigenvalue weighted by molar-refractivity contribution is 0.117. The Morgan fingerprint density at radius 1 is 1.16 bits per heavy atom. The fraction of sp³-hybridized carbons (Fsp3) is 0.350. The van der Waals surface area contributed by atoms with Gasteiger partial charge in [0.05, 0.1) is 6.10 Å². The van der Waals surface area contributed by atoms with Crippen LogP contribution in [0.15, 0.2) is 48.8 Å². The van der Waals surface area contributed by atoms with Crippen LogP contribution in [0.4, 0.5) is 0 Å². The minimum Gasteiger partial charge on any atom is -0.392 e. The predicted octanol–water partition coefficient (Wildman–Crippen LogP) is 3.93. The number of thiophene rings is 1. The third-order valence-corrected chi connectivity index (χ3v) is 5.04. The minimum absolute atomic E-state index is 0.359. The van der Waals surface area contributed by atoms with Crippen LogP contribution in [0.25, 0.3) is 5.82 Å². The van der Waals surface area contributed by atoms with Crippen molar-refractivity contribution in [3.05, 3.63) is 69.8 Å². The van der Waals surface area contributed by atoms with E-state index >= 15 is 0 Å². The molecule has 0 radical (unpaired) electrons. The molecule has 1 atom stereocenters. The minimum atomic E-state index is -0.359. The first-order chi connectivity index (χ1) is 12.0. The summed E-state index contributed by atoms with van der Waals surface area (Å²) in [6.45, 7) is 8.26. The van der Waals surface area contributed by atoms with Gasteiger partial charge in [-0.1, -0.05) is 6.07 Å². The highest BCUT2D eigenvalue weighted by Crippen LogP contribution is 2.20. The van der Waals surface area contributed by atoms with Crippen molar-refractivity contribution in [2.75, 3.05) is 6.54 Å². The molecule has 3 heterocycles. The van der Waals surface area contributed by atoms with Gasteiger partial charge in [0.1, 0.15) is 5.82 Å². The zero-order valence-corrected chi connectivity index (χ0v) is 15.8. The largest absolute Gasteiger partial charge is 0.392 e. The van der Waals surface area contributed by atoms with Crippen LogP contribution in [0.1, 0.15) is 27.9 Å². The van der Waals surface area contributed by atoms with E-state index in [9.17, 15) is 5.11 Å². The summed E-state index contributed by atoms with van der Waals surface area (Å²) in [5, 5.41) is 9.89. The number of hydrogen-bond donors (Lipinski definition) is 1. The Labute approximate surface area is 153 Å². The SMILES string of the molecule is Cc1ccc(-n2cccc2CN(Cc2ccc(C)s2)C[C@H](C)O)nc1. The quantitative estimate of drug-likeness (QED) is 0.698. The average Bonchev–Trinajstić information content (AvgIpc) is 3.17. The zero-order valence-electron chi connectivity index (χ0n) is 15.0. The topological polar surface area (TPSA) is 41.3 Å². The van der Waals surface area contributed by atoms with Crippen LogP contribution in [-0.2, 0) is 13.1 Å². The summed E-state index contributed by atoms with van der Waals surface area (Å²) in [5.41, 5.74) is 2.33. The highest BCUT2D eigenvalue weighted by atomic mass is 32.1. The van der Waals surface area contributed by atoms with E-state index in [0.29, 0.717) is 6.54 Å². The molecule has 0 bridgehead atoms. The lowest BCUT2D eigenvalue weighted by Crippen LogP contribution is -2.30. The van der Waals surface area contributed by atoms with Crippen LogP contribution in [0.2, 0.25) is 0 Å². The van der Waals surface area contributed by atoms with Crippen molar-refractivity contribution in [2.45, 2.75) is 40.0 Å². The van der Waals surface area contributed by atoms with Crippen molar-refractivity contribution < 1.29 is 5.11 Å². The van der Waals surface area contributed by atoms with E-state index in [-0.39, 0.29) is 6.10 Å². The molecule has 132 valence electrons. The fourth-order valence-corrected chi connectivity index (χ4v) is 3.88. The molecule has 0 aliphatic heterocycles. The molecule has 5 heteroatoms. The molecular weight excluding hydrogens is 330 g/mol. The Hall–Kier alpha value is -1.95. The summed E-state index contributed by atoms with van der Waals surface area (Å²) in [5.74, 6) is 0.926. The van der Waals surface area contributed by atoms with Gasteiger partial charge in [0.15, 0.2) is 0 Å². The summed E-state index contributed by atoms with van der Waals surface area (Å²) in [6, 6.07) is 12.6. The summed E-state index contributed by atoms with van der Waals surface area (Å²) in [7, 11) is 0. The van der Waals surface area contributed by atoms with Gasteiger partial charge in [0.25, 0.3) is 0 Å². The van der Waals surface area contributed by atoms with Gasteiger partial charge in [-0.25, -0.2) is 4.98 Å². The lowest BCUT2D eigenvalue weighted by atomic mass is 10.3. The smallest absolute Gasteiger partial charge is 0.136 e. The van der Waals surface area contributed by atoms with Crippen molar-refractivity contribution in [3.63, 3.8) is 0 Å². The van der Waals surface area contributed by atoms with Crippen LogP contribution in [0.5, 0.6) is 0 Å². The predicted molar refractivity (Wildman–Crippen MR) is 103 cm³/mol. The molecule has 0 amide bonds. The number of aryl methyl sites for hydroxylation is 2. The molecule has 0 aliphatic carbocycles. The number of aliphatic hydroxyl groups is 1. The first-order valence-electron chi connectivity index (χ1n) is 8.56. The highest BCUT2D eigenvalue weighted by molar-refractivity contribution is 7.11. The van der Waals surface area contributed by atoms with E-state index in [1.807, 2.05) is 49.7 Å². The van der Waals surface area contributed by atoms with E-state index in [1.165, 1.54) is 15.4 Å². The average molecular weight is 356 g/mol. The summed E-state index contributed by atoms with van der Waals surface area (Å²) in [6.07, 6.45) is 3.58. The molecular formula is C20H25N3OS. The number of aliphatic hydroxyl groups excluding tert-OH is 1. The Morgan fingerprint density at radius 3 is 2.64 bits per heavy atom. The zero-order chi connectivity index (χ0) is 17.8. The third-order valence-electron chi connectivity index (χ3n) is 4.06. The molecule has 0 spiro atoms. The normalized spacial score (nSPS) is 12.7. The van der Waals surface area contributed by atoms with E-state index < -0.39 is 0 Å². The van der Waals surface area contributed by atoms with E-state index in [0.717, 1.165) is 24.5 Å². The van der Waals surface area contributed by atoms with Crippen molar-refractivity contribution in [1.82, 2.24) is 14.5 Å².